The Labute approximate surface area is 99.7 Å². The standard InChI is InChI=1S/C11H8BrFN2O/c12-9-3-2-8(10(13)6-9)7-15-5-1-4-14-11(15)16/h1-6H,7H2. The van der Waals surface area contributed by atoms with Crippen LogP contribution in [-0.4, -0.2) is 9.55 Å². The smallest absolute Gasteiger partial charge is 0.295 e. The van der Waals surface area contributed by atoms with Gasteiger partial charge in [-0.1, -0.05) is 22.0 Å². The number of halogens is 2. The van der Waals surface area contributed by atoms with Crippen LogP contribution in [0, 0.1) is 5.82 Å². The fourth-order valence-electron chi connectivity index (χ4n) is 1.34. The van der Waals surface area contributed by atoms with Gasteiger partial charge in [0.05, 0.1) is 6.54 Å². The van der Waals surface area contributed by atoms with E-state index in [1.54, 1.807) is 24.4 Å². The fraction of sp³-hybridized carbons (Fsp3) is 0.0909. The van der Waals surface area contributed by atoms with E-state index in [4.69, 9.17) is 0 Å². The Morgan fingerprint density at radius 3 is 2.94 bits per heavy atom. The lowest BCUT2D eigenvalue weighted by Crippen LogP contribution is -2.22. The quantitative estimate of drug-likeness (QED) is 0.846. The topological polar surface area (TPSA) is 34.9 Å². The Kier molecular flexibility index (Phi) is 3.14. The minimum atomic E-state index is -0.384. The summed E-state index contributed by atoms with van der Waals surface area (Å²) < 4.78 is 15.5. The molecule has 0 aliphatic carbocycles. The van der Waals surface area contributed by atoms with Crippen LogP contribution in [0.25, 0.3) is 0 Å². The molecular weight excluding hydrogens is 275 g/mol. The SMILES string of the molecule is O=c1ncccn1Cc1ccc(Br)cc1F. The lowest BCUT2D eigenvalue weighted by Gasteiger charge is -2.05. The van der Waals surface area contributed by atoms with Gasteiger partial charge < -0.3 is 0 Å². The summed E-state index contributed by atoms with van der Waals surface area (Å²) in [6.45, 7) is 0.186. The summed E-state index contributed by atoms with van der Waals surface area (Å²) in [7, 11) is 0. The number of hydrogen-bond acceptors (Lipinski definition) is 2. The molecule has 1 aromatic carbocycles. The minimum Gasteiger partial charge on any atom is -0.295 e. The molecule has 82 valence electrons. The molecular formula is C11H8BrFN2O. The zero-order valence-corrected chi connectivity index (χ0v) is 9.82. The van der Waals surface area contributed by atoms with Gasteiger partial charge in [0.25, 0.3) is 0 Å². The van der Waals surface area contributed by atoms with Crippen LogP contribution in [0.3, 0.4) is 0 Å². The zero-order valence-electron chi connectivity index (χ0n) is 8.23. The minimum absolute atomic E-state index is 0.186. The largest absolute Gasteiger partial charge is 0.347 e. The summed E-state index contributed by atoms with van der Waals surface area (Å²) in [5.41, 5.74) is 0.0723. The molecule has 0 saturated heterocycles. The lowest BCUT2D eigenvalue weighted by atomic mass is 10.2. The molecule has 0 spiro atoms. The first-order valence-corrected chi connectivity index (χ1v) is 5.41. The second-order valence-electron chi connectivity index (χ2n) is 3.27. The average molecular weight is 283 g/mol. The van der Waals surface area contributed by atoms with Crippen molar-refractivity contribution in [3.05, 3.63) is 63.0 Å². The van der Waals surface area contributed by atoms with Crippen LogP contribution in [0.2, 0.25) is 0 Å². The summed E-state index contributed by atoms with van der Waals surface area (Å²) in [5, 5.41) is 0. The molecule has 2 aromatic rings. The Morgan fingerprint density at radius 2 is 2.25 bits per heavy atom. The zero-order chi connectivity index (χ0) is 11.5. The van der Waals surface area contributed by atoms with E-state index in [0.29, 0.717) is 10.0 Å². The third-order valence-corrected chi connectivity index (χ3v) is 2.63. The Bertz CT molecular complexity index is 568. The van der Waals surface area contributed by atoms with Crippen molar-refractivity contribution in [2.24, 2.45) is 0 Å². The number of nitrogens with zero attached hydrogens (tertiary/aromatic N) is 2. The van der Waals surface area contributed by atoms with Gasteiger partial charge >= 0.3 is 5.69 Å². The highest BCUT2D eigenvalue weighted by atomic mass is 79.9. The predicted molar refractivity (Wildman–Crippen MR) is 61.7 cm³/mol. The molecule has 0 bridgehead atoms. The van der Waals surface area contributed by atoms with Gasteiger partial charge in [-0.15, -0.1) is 0 Å². The van der Waals surface area contributed by atoms with E-state index in [2.05, 4.69) is 20.9 Å². The van der Waals surface area contributed by atoms with E-state index in [1.807, 2.05) is 0 Å². The first-order valence-electron chi connectivity index (χ1n) is 4.62. The predicted octanol–water partition coefficient (Wildman–Crippen LogP) is 2.19. The molecule has 0 unspecified atom stereocenters. The van der Waals surface area contributed by atoms with Crippen molar-refractivity contribution in [1.82, 2.24) is 9.55 Å². The summed E-state index contributed by atoms with van der Waals surface area (Å²) in [5.74, 6) is -0.342. The fourth-order valence-corrected chi connectivity index (χ4v) is 1.67. The van der Waals surface area contributed by atoms with Gasteiger partial charge in [0, 0.05) is 22.4 Å². The molecule has 1 heterocycles. The van der Waals surface area contributed by atoms with Crippen molar-refractivity contribution in [3.63, 3.8) is 0 Å². The van der Waals surface area contributed by atoms with Crippen LogP contribution in [0.1, 0.15) is 5.56 Å². The van der Waals surface area contributed by atoms with Gasteiger partial charge in [-0.05, 0) is 18.2 Å². The molecule has 0 aliphatic rings. The molecule has 0 amide bonds. The highest BCUT2D eigenvalue weighted by molar-refractivity contribution is 9.10. The molecule has 5 heteroatoms. The normalized spacial score (nSPS) is 10.4. The second kappa shape index (κ2) is 4.57. The third-order valence-electron chi connectivity index (χ3n) is 2.14. The molecule has 2 rings (SSSR count). The van der Waals surface area contributed by atoms with Crippen LogP contribution in [-0.2, 0) is 6.54 Å². The molecule has 16 heavy (non-hydrogen) atoms. The number of rotatable bonds is 2. The molecule has 3 nitrogen and oxygen atoms in total. The third kappa shape index (κ3) is 2.36. The summed E-state index contributed by atoms with van der Waals surface area (Å²) in [6, 6.07) is 6.38. The van der Waals surface area contributed by atoms with Gasteiger partial charge in [0.1, 0.15) is 5.82 Å². The van der Waals surface area contributed by atoms with E-state index in [9.17, 15) is 9.18 Å². The summed E-state index contributed by atoms with van der Waals surface area (Å²) >= 11 is 3.18. The lowest BCUT2D eigenvalue weighted by molar-refractivity contribution is 0.592. The Balaban J connectivity index is 2.35. The van der Waals surface area contributed by atoms with E-state index >= 15 is 0 Å². The van der Waals surface area contributed by atoms with Crippen LogP contribution in [0.4, 0.5) is 4.39 Å². The van der Waals surface area contributed by atoms with E-state index in [-0.39, 0.29) is 18.1 Å². The van der Waals surface area contributed by atoms with Crippen molar-refractivity contribution in [2.75, 3.05) is 0 Å². The van der Waals surface area contributed by atoms with E-state index in [1.165, 1.54) is 16.8 Å². The van der Waals surface area contributed by atoms with Crippen molar-refractivity contribution in [2.45, 2.75) is 6.54 Å². The highest BCUT2D eigenvalue weighted by Crippen LogP contribution is 2.15. The molecule has 0 saturated carbocycles. The molecule has 0 radical (unpaired) electrons. The van der Waals surface area contributed by atoms with Crippen molar-refractivity contribution in [3.8, 4) is 0 Å². The first-order chi connectivity index (χ1) is 7.66. The summed E-state index contributed by atoms with van der Waals surface area (Å²) in [6.07, 6.45) is 2.99. The Morgan fingerprint density at radius 1 is 1.44 bits per heavy atom. The molecule has 0 aliphatic heterocycles. The van der Waals surface area contributed by atoms with Crippen LogP contribution >= 0.6 is 15.9 Å². The summed E-state index contributed by atoms with van der Waals surface area (Å²) in [4.78, 5) is 14.9. The van der Waals surface area contributed by atoms with E-state index < -0.39 is 0 Å². The van der Waals surface area contributed by atoms with E-state index in [0.717, 1.165) is 0 Å². The van der Waals surface area contributed by atoms with Gasteiger partial charge in [-0.3, -0.25) is 4.57 Å². The molecule has 0 atom stereocenters. The van der Waals surface area contributed by atoms with Crippen molar-refractivity contribution in [1.29, 1.82) is 0 Å². The van der Waals surface area contributed by atoms with Gasteiger partial charge in [-0.2, -0.15) is 0 Å². The maximum atomic E-state index is 13.5. The molecule has 1 aromatic heterocycles. The maximum absolute atomic E-state index is 13.5. The van der Waals surface area contributed by atoms with Gasteiger partial charge in [0.15, 0.2) is 0 Å². The Hall–Kier alpha value is -1.49. The van der Waals surface area contributed by atoms with Crippen LogP contribution < -0.4 is 5.69 Å². The average Bonchev–Trinajstić information content (AvgIpc) is 2.25. The van der Waals surface area contributed by atoms with Crippen molar-refractivity contribution >= 4 is 15.9 Å². The number of aromatic nitrogens is 2. The highest BCUT2D eigenvalue weighted by Gasteiger charge is 2.04. The monoisotopic (exact) mass is 282 g/mol. The second-order valence-corrected chi connectivity index (χ2v) is 4.18. The first kappa shape index (κ1) is 11.0. The van der Waals surface area contributed by atoms with Crippen molar-refractivity contribution < 1.29 is 4.39 Å². The number of benzene rings is 1. The number of hydrogen-bond donors (Lipinski definition) is 0. The van der Waals surface area contributed by atoms with Gasteiger partial charge in [-0.25, -0.2) is 14.2 Å². The maximum Gasteiger partial charge on any atom is 0.347 e. The molecule has 0 N–H and O–H groups in total. The molecule has 0 fully saturated rings. The van der Waals surface area contributed by atoms with Crippen LogP contribution in [0.15, 0.2) is 45.9 Å². The van der Waals surface area contributed by atoms with Gasteiger partial charge in [0.2, 0.25) is 0 Å². The van der Waals surface area contributed by atoms with Crippen LogP contribution in [0.5, 0.6) is 0 Å².